The van der Waals surface area contributed by atoms with Gasteiger partial charge in [-0.25, -0.2) is 0 Å². The number of aryl methyl sites for hydroxylation is 2. The van der Waals surface area contributed by atoms with E-state index >= 15 is 0 Å². The number of ketones is 1. The highest BCUT2D eigenvalue weighted by Crippen LogP contribution is 2.39. The lowest BCUT2D eigenvalue weighted by Gasteiger charge is -2.26. The summed E-state index contributed by atoms with van der Waals surface area (Å²) in [6, 6.07) is 5.97. The van der Waals surface area contributed by atoms with Crippen LogP contribution in [-0.4, -0.2) is 20.5 Å². The predicted octanol–water partition coefficient (Wildman–Crippen LogP) is 3.18. The van der Waals surface area contributed by atoms with Crippen molar-refractivity contribution in [2.75, 3.05) is 0 Å². The van der Waals surface area contributed by atoms with Gasteiger partial charge in [-0.1, -0.05) is 12.1 Å². The zero-order chi connectivity index (χ0) is 13.6. The Morgan fingerprint density at radius 2 is 1.74 bits per heavy atom. The van der Waals surface area contributed by atoms with E-state index in [9.17, 15) is 9.00 Å². The fourth-order valence-electron chi connectivity index (χ4n) is 3.38. The summed E-state index contributed by atoms with van der Waals surface area (Å²) in [7, 11) is -0.673. The van der Waals surface area contributed by atoms with Crippen LogP contribution in [0, 0.1) is 19.8 Å². The Balaban J connectivity index is 1.81. The number of carbonyl (C=O) groups is 1. The Morgan fingerprint density at radius 1 is 1.11 bits per heavy atom. The first kappa shape index (κ1) is 13.0. The summed E-state index contributed by atoms with van der Waals surface area (Å²) < 4.78 is 12.0. The minimum absolute atomic E-state index is 0.0947. The second kappa shape index (κ2) is 4.86. The molecule has 3 heteroatoms. The molecule has 2 fully saturated rings. The van der Waals surface area contributed by atoms with Crippen molar-refractivity contribution in [2.45, 2.75) is 50.0 Å². The number of carbonyl (C=O) groups excluding carboxylic acids is 1. The van der Waals surface area contributed by atoms with Gasteiger partial charge < -0.3 is 0 Å². The summed E-state index contributed by atoms with van der Waals surface area (Å²) in [6.07, 6.45) is 3.76. The van der Waals surface area contributed by atoms with Gasteiger partial charge in [0, 0.05) is 32.8 Å². The maximum Gasteiger partial charge on any atom is 0.166 e. The fraction of sp³-hybridized carbons (Fsp3) is 0.562. The lowest BCUT2D eigenvalue weighted by Crippen LogP contribution is -2.32. The zero-order valence-electron chi connectivity index (χ0n) is 11.5. The minimum Gasteiger partial charge on any atom is -0.294 e. The van der Waals surface area contributed by atoms with Gasteiger partial charge in [-0.3, -0.25) is 9.00 Å². The molecule has 19 heavy (non-hydrogen) atoms. The predicted molar refractivity (Wildman–Crippen MR) is 77.9 cm³/mol. The van der Waals surface area contributed by atoms with Crippen LogP contribution < -0.4 is 0 Å². The molecule has 2 bridgehead atoms. The average Bonchev–Trinajstić information content (AvgIpc) is 2.64. The van der Waals surface area contributed by atoms with Crippen molar-refractivity contribution in [3.05, 3.63) is 34.9 Å². The van der Waals surface area contributed by atoms with E-state index in [1.807, 2.05) is 25.1 Å². The van der Waals surface area contributed by atoms with Crippen LogP contribution in [0.15, 0.2) is 18.2 Å². The van der Waals surface area contributed by atoms with E-state index in [0.29, 0.717) is 0 Å². The Kier molecular flexibility index (Phi) is 3.34. The van der Waals surface area contributed by atoms with Crippen LogP contribution in [0.25, 0.3) is 0 Å². The molecule has 0 N–H and O–H groups in total. The van der Waals surface area contributed by atoms with Gasteiger partial charge in [-0.15, -0.1) is 0 Å². The molecule has 2 aliphatic heterocycles. The van der Waals surface area contributed by atoms with Crippen molar-refractivity contribution < 1.29 is 9.00 Å². The van der Waals surface area contributed by atoms with Gasteiger partial charge in [-0.05, 0) is 56.7 Å². The van der Waals surface area contributed by atoms with Crippen molar-refractivity contribution in [1.82, 2.24) is 0 Å². The Morgan fingerprint density at radius 3 is 2.32 bits per heavy atom. The van der Waals surface area contributed by atoms with Crippen LogP contribution in [0.3, 0.4) is 0 Å². The van der Waals surface area contributed by atoms with Crippen molar-refractivity contribution in [2.24, 2.45) is 5.92 Å². The molecular weight excluding hydrogens is 256 g/mol. The number of hydrogen-bond acceptors (Lipinski definition) is 2. The molecule has 0 saturated carbocycles. The van der Waals surface area contributed by atoms with E-state index in [4.69, 9.17) is 0 Å². The van der Waals surface area contributed by atoms with Gasteiger partial charge in [0.25, 0.3) is 0 Å². The minimum atomic E-state index is -0.673. The van der Waals surface area contributed by atoms with Crippen molar-refractivity contribution in [3.63, 3.8) is 0 Å². The SMILES string of the molecule is Cc1ccc(C(=O)C2CC3CCC(C2)S3=O)cc1C. The molecule has 0 radical (unpaired) electrons. The van der Waals surface area contributed by atoms with Gasteiger partial charge in [0.15, 0.2) is 5.78 Å². The van der Waals surface area contributed by atoms with E-state index in [2.05, 4.69) is 6.92 Å². The van der Waals surface area contributed by atoms with Gasteiger partial charge in [-0.2, -0.15) is 0 Å². The highest BCUT2D eigenvalue weighted by molar-refractivity contribution is 7.86. The van der Waals surface area contributed by atoms with E-state index in [0.717, 1.165) is 31.2 Å². The first-order chi connectivity index (χ1) is 9.06. The third-order valence-electron chi connectivity index (χ3n) is 4.72. The van der Waals surface area contributed by atoms with Crippen LogP contribution in [0.1, 0.15) is 47.2 Å². The molecule has 0 spiro atoms. The largest absolute Gasteiger partial charge is 0.294 e. The second-order valence-corrected chi connectivity index (χ2v) is 7.97. The second-order valence-electron chi connectivity index (χ2n) is 5.98. The molecule has 3 rings (SSSR count). The first-order valence-electron chi connectivity index (χ1n) is 7.07. The van der Waals surface area contributed by atoms with Crippen LogP contribution >= 0.6 is 0 Å². The molecule has 102 valence electrons. The van der Waals surface area contributed by atoms with Crippen LogP contribution in [0.4, 0.5) is 0 Å². The van der Waals surface area contributed by atoms with E-state index in [1.54, 1.807) is 0 Å². The van der Waals surface area contributed by atoms with Gasteiger partial charge in [0.2, 0.25) is 0 Å². The topological polar surface area (TPSA) is 34.1 Å². The van der Waals surface area contributed by atoms with Crippen molar-refractivity contribution in [3.8, 4) is 0 Å². The quantitative estimate of drug-likeness (QED) is 0.777. The molecule has 2 atom stereocenters. The average molecular weight is 276 g/mol. The van der Waals surface area contributed by atoms with E-state index in [-0.39, 0.29) is 22.2 Å². The van der Waals surface area contributed by atoms with Gasteiger partial charge >= 0.3 is 0 Å². The number of hydrogen-bond donors (Lipinski definition) is 0. The maximum atomic E-state index is 12.6. The highest BCUT2D eigenvalue weighted by Gasteiger charge is 2.42. The summed E-state index contributed by atoms with van der Waals surface area (Å²) in [5.74, 6) is 0.356. The number of Topliss-reactive ketones (excluding diaryl/α,β-unsaturated/α-hetero) is 1. The molecule has 2 nitrogen and oxygen atoms in total. The van der Waals surface area contributed by atoms with Crippen LogP contribution in [-0.2, 0) is 10.8 Å². The van der Waals surface area contributed by atoms with Crippen LogP contribution in [0.5, 0.6) is 0 Å². The Hall–Kier alpha value is -0.960. The molecule has 0 aromatic heterocycles. The standard InChI is InChI=1S/C16H20O2S/c1-10-3-4-12(7-11(10)2)16(17)13-8-14-5-6-15(9-13)19(14)18/h3-4,7,13-15H,5-6,8-9H2,1-2H3. The zero-order valence-corrected chi connectivity index (χ0v) is 12.3. The Labute approximate surface area is 117 Å². The molecule has 0 amide bonds. The monoisotopic (exact) mass is 276 g/mol. The lowest BCUT2D eigenvalue weighted by molar-refractivity contribution is 0.0906. The van der Waals surface area contributed by atoms with E-state index < -0.39 is 10.8 Å². The molecule has 1 aromatic carbocycles. The highest BCUT2D eigenvalue weighted by atomic mass is 32.2. The summed E-state index contributed by atoms with van der Waals surface area (Å²) in [5.41, 5.74) is 3.23. The molecule has 2 unspecified atom stereocenters. The van der Waals surface area contributed by atoms with E-state index in [1.165, 1.54) is 11.1 Å². The lowest BCUT2D eigenvalue weighted by atomic mass is 9.89. The molecule has 1 aromatic rings. The summed E-state index contributed by atoms with van der Waals surface area (Å²) in [4.78, 5) is 12.6. The van der Waals surface area contributed by atoms with Gasteiger partial charge in [0.1, 0.15) is 0 Å². The van der Waals surface area contributed by atoms with Crippen LogP contribution in [0.2, 0.25) is 0 Å². The summed E-state index contributed by atoms with van der Waals surface area (Å²) >= 11 is 0. The summed E-state index contributed by atoms with van der Waals surface area (Å²) in [6.45, 7) is 4.11. The molecule has 2 heterocycles. The van der Waals surface area contributed by atoms with Crippen molar-refractivity contribution in [1.29, 1.82) is 0 Å². The number of benzene rings is 1. The number of rotatable bonds is 2. The molecule has 2 aliphatic rings. The van der Waals surface area contributed by atoms with Crippen molar-refractivity contribution >= 4 is 16.6 Å². The first-order valence-corrected chi connectivity index (χ1v) is 8.34. The third kappa shape index (κ3) is 2.29. The van der Waals surface area contributed by atoms with Gasteiger partial charge in [0.05, 0.1) is 0 Å². The molecule has 0 aliphatic carbocycles. The molecular formula is C16H20O2S. The Bertz CT molecular complexity index is 534. The smallest absolute Gasteiger partial charge is 0.166 e. The fourth-order valence-corrected chi connectivity index (χ4v) is 5.50. The number of fused-ring (bicyclic) bond motifs is 2. The third-order valence-corrected chi connectivity index (χ3v) is 6.90. The summed E-state index contributed by atoms with van der Waals surface area (Å²) in [5, 5.41) is 0.554. The normalized spacial score (nSPS) is 33.4. The maximum absolute atomic E-state index is 12.6. The molecule has 2 saturated heterocycles.